The van der Waals surface area contributed by atoms with Crippen molar-refractivity contribution >= 4 is 23.0 Å². The summed E-state index contributed by atoms with van der Waals surface area (Å²) in [5.41, 5.74) is 2.29. The van der Waals surface area contributed by atoms with Crippen LogP contribution in [0.5, 0.6) is 0 Å². The van der Waals surface area contributed by atoms with Crippen LogP contribution < -0.4 is 10.6 Å². The zero-order valence-electron chi connectivity index (χ0n) is 12.9. The first-order valence-electron chi connectivity index (χ1n) is 7.47. The SMILES string of the molecule is CCCNc1ncnc(NCCc2csc(C)n2)c1CC. The molecule has 21 heavy (non-hydrogen) atoms. The zero-order valence-corrected chi connectivity index (χ0v) is 13.8. The highest BCUT2D eigenvalue weighted by atomic mass is 32.1. The molecule has 0 spiro atoms. The van der Waals surface area contributed by atoms with E-state index in [1.165, 1.54) is 0 Å². The summed E-state index contributed by atoms with van der Waals surface area (Å²) in [6, 6.07) is 0. The van der Waals surface area contributed by atoms with Gasteiger partial charge < -0.3 is 10.6 Å². The molecule has 0 aromatic carbocycles. The van der Waals surface area contributed by atoms with E-state index in [4.69, 9.17) is 0 Å². The Morgan fingerprint density at radius 1 is 1.10 bits per heavy atom. The number of anilines is 2. The number of hydrogen-bond donors (Lipinski definition) is 2. The van der Waals surface area contributed by atoms with E-state index in [0.717, 1.165) is 60.3 Å². The average Bonchev–Trinajstić information content (AvgIpc) is 2.90. The van der Waals surface area contributed by atoms with Gasteiger partial charge in [0.15, 0.2) is 0 Å². The first-order valence-corrected chi connectivity index (χ1v) is 8.35. The van der Waals surface area contributed by atoms with Crippen molar-refractivity contribution in [2.45, 2.75) is 40.0 Å². The Bertz CT molecular complexity index is 567. The molecule has 2 rings (SSSR count). The molecule has 0 unspecified atom stereocenters. The van der Waals surface area contributed by atoms with Crippen LogP contribution >= 0.6 is 11.3 Å². The predicted octanol–water partition coefficient (Wildman–Crippen LogP) is 3.28. The van der Waals surface area contributed by atoms with Gasteiger partial charge in [-0.2, -0.15) is 0 Å². The number of nitrogens with zero attached hydrogens (tertiary/aromatic N) is 3. The highest BCUT2D eigenvalue weighted by Gasteiger charge is 2.09. The van der Waals surface area contributed by atoms with Crippen molar-refractivity contribution in [3.8, 4) is 0 Å². The monoisotopic (exact) mass is 305 g/mol. The summed E-state index contributed by atoms with van der Waals surface area (Å²) >= 11 is 1.70. The normalized spacial score (nSPS) is 10.6. The Balaban J connectivity index is 1.98. The van der Waals surface area contributed by atoms with Gasteiger partial charge in [-0.25, -0.2) is 15.0 Å². The van der Waals surface area contributed by atoms with Crippen molar-refractivity contribution in [2.75, 3.05) is 23.7 Å². The van der Waals surface area contributed by atoms with Crippen LogP contribution in [0.15, 0.2) is 11.7 Å². The highest BCUT2D eigenvalue weighted by Crippen LogP contribution is 2.20. The van der Waals surface area contributed by atoms with Gasteiger partial charge in [-0.15, -0.1) is 11.3 Å². The summed E-state index contributed by atoms with van der Waals surface area (Å²) in [6.07, 6.45) is 4.52. The molecule has 0 aliphatic carbocycles. The van der Waals surface area contributed by atoms with Crippen LogP contribution in [-0.2, 0) is 12.8 Å². The van der Waals surface area contributed by atoms with Gasteiger partial charge in [0.2, 0.25) is 0 Å². The molecule has 0 saturated heterocycles. The molecule has 0 aliphatic rings. The molecule has 0 radical (unpaired) electrons. The molecule has 2 N–H and O–H groups in total. The lowest BCUT2D eigenvalue weighted by molar-refractivity contribution is 0.929. The molecular weight excluding hydrogens is 282 g/mol. The molecule has 0 saturated carbocycles. The second kappa shape index (κ2) is 7.93. The number of rotatable bonds is 8. The summed E-state index contributed by atoms with van der Waals surface area (Å²) in [5.74, 6) is 1.87. The van der Waals surface area contributed by atoms with Crippen molar-refractivity contribution < 1.29 is 0 Å². The molecular formula is C15H23N5S. The predicted molar refractivity (Wildman–Crippen MR) is 89.2 cm³/mol. The molecule has 0 amide bonds. The number of aryl methyl sites for hydroxylation is 1. The number of nitrogens with one attached hydrogen (secondary N) is 2. The maximum absolute atomic E-state index is 4.48. The molecule has 0 bridgehead atoms. The fourth-order valence-electron chi connectivity index (χ4n) is 2.13. The van der Waals surface area contributed by atoms with Crippen molar-refractivity contribution in [3.05, 3.63) is 28.0 Å². The Kier molecular flexibility index (Phi) is 5.92. The van der Waals surface area contributed by atoms with Crippen LogP contribution in [0, 0.1) is 6.92 Å². The van der Waals surface area contributed by atoms with Crippen LogP contribution in [-0.4, -0.2) is 28.0 Å². The summed E-state index contributed by atoms with van der Waals surface area (Å²) in [5, 5.41) is 10.0. The summed E-state index contributed by atoms with van der Waals surface area (Å²) in [6.45, 7) is 8.08. The molecule has 0 fully saturated rings. The van der Waals surface area contributed by atoms with Crippen molar-refractivity contribution in [3.63, 3.8) is 0 Å². The molecule has 0 aliphatic heterocycles. The topological polar surface area (TPSA) is 62.7 Å². The number of thiazole rings is 1. The lowest BCUT2D eigenvalue weighted by Crippen LogP contribution is -2.12. The highest BCUT2D eigenvalue weighted by molar-refractivity contribution is 7.09. The second-order valence-electron chi connectivity index (χ2n) is 4.86. The van der Waals surface area contributed by atoms with Gasteiger partial charge in [-0.05, 0) is 19.8 Å². The van der Waals surface area contributed by atoms with Crippen LogP contribution in [0.2, 0.25) is 0 Å². The molecule has 2 heterocycles. The van der Waals surface area contributed by atoms with Gasteiger partial charge in [-0.3, -0.25) is 0 Å². The Hall–Kier alpha value is -1.69. The van der Waals surface area contributed by atoms with Gasteiger partial charge in [0.05, 0.1) is 10.7 Å². The summed E-state index contributed by atoms with van der Waals surface area (Å²) in [7, 11) is 0. The maximum Gasteiger partial charge on any atom is 0.134 e. The van der Waals surface area contributed by atoms with E-state index in [2.05, 4.69) is 44.8 Å². The van der Waals surface area contributed by atoms with Crippen molar-refractivity contribution in [1.82, 2.24) is 15.0 Å². The zero-order chi connectivity index (χ0) is 15.1. The minimum Gasteiger partial charge on any atom is -0.370 e. The van der Waals surface area contributed by atoms with E-state index < -0.39 is 0 Å². The van der Waals surface area contributed by atoms with Gasteiger partial charge in [0, 0.05) is 30.5 Å². The van der Waals surface area contributed by atoms with Gasteiger partial charge in [0.1, 0.15) is 18.0 Å². The van der Waals surface area contributed by atoms with E-state index in [9.17, 15) is 0 Å². The van der Waals surface area contributed by atoms with E-state index in [1.54, 1.807) is 17.7 Å². The lowest BCUT2D eigenvalue weighted by Gasteiger charge is -2.13. The van der Waals surface area contributed by atoms with Crippen LogP contribution in [0.1, 0.15) is 36.5 Å². The largest absolute Gasteiger partial charge is 0.370 e. The van der Waals surface area contributed by atoms with Crippen LogP contribution in [0.3, 0.4) is 0 Å². The van der Waals surface area contributed by atoms with Crippen LogP contribution in [0.25, 0.3) is 0 Å². The second-order valence-corrected chi connectivity index (χ2v) is 5.93. The average molecular weight is 305 g/mol. The summed E-state index contributed by atoms with van der Waals surface area (Å²) in [4.78, 5) is 13.2. The third-order valence-electron chi connectivity index (χ3n) is 3.18. The van der Waals surface area contributed by atoms with Gasteiger partial charge in [0.25, 0.3) is 0 Å². The fourth-order valence-corrected chi connectivity index (χ4v) is 2.77. The van der Waals surface area contributed by atoms with Gasteiger partial charge in [-0.1, -0.05) is 13.8 Å². The number of aromatic nitrogens is 3. The molecule has 2 aromatic rings. The third-order valence-corrected chi connectivity index (χ3v) is 4.00. The van der Waals surface area contributed by atoms with E-state index in [-0.39, 0.29) is 0 Å². The Morgan fingerprint density at radius 3 is 2.38 bits per heavy atom. The lowest BCUT2D eigenvalue weighted by atomic mass is 10.2. The van der Waals surface area contributed by atoms with Crippen molar-refractivity contribution in [1.29, 1.82) is 0 Å². The minimum absolute atomic E-state index is 0.834. The Morgan fingerprint density at radius 2 is 1.81 bits per heavy atom. The van der Waals surface area contributed by atoms with E-state index in [1.807, 2.05) is 6.92 Å². The van der Waals surface area contributed by atoms with Crippen molar-refractivity contribution in [2.24, 2.45) is 0 Å². The fraction of sp³-hybridized carbons (Fsp3) is 0.533. The first-order chi connectivity index (χ1) is 10.2. The first kappa shape index (κ1) is 15.7. The standard InChI is InChI=1S/C15H23N5S/c1-4-7-16-14-13(5-2)15(19-10-18-14)17-8-6-12-9-21-11(3)20-12/h9-10H,4-8H2,1-3H3,(H2,16,17,18,19). The van der Waals surface area contributed by atoms with Crippen LogP contribution in [0.4, 0.5) is 11.6 Å². The molecule has 5 nitrogen and oxygen atoms in total. The smallest absolute Gasteiger partial charge is 0.134 e. The third kappa shape index (κ3) is 4.39. The van der Waals surface area contributed by atoms with E-state index >= 15 is 0 Å². The Labute approximate surface area is 130 Å². The quantitative estimate of drug-likeness (QED) is 0.783. The minimum atomic E-state index is 0.834. The summed E-state index contributed by atoms with van der Waals surface area (Å²) < 4.78 is 0. The van der Waals surface area contributed by atoms with Gasteiger partial charge >= 0.3 is 0 Å². The molecule has 0 atom stereocenters. The van der Waals surface area contributed by atoms with E-state index in [0.29, 0.717) is 0 Å². The molecule has 6 heteroatoms. The molecule has 2 aromatic heterocycles. The maximum atomic E-state index is 4.48. The molecule has 114 valence electrons. The number of hydrogen-bond acceptors (Lipinski definition) is 6.